The maximum atomic E-state index is 13.3. The normalized spacial score (nSPS) is 15.5. The molecule has 6 nitrogen and oxygen atoms in total. The first-order chi connectivity index (χ1) is 14.9. The highest BCUT2D eigenvalue weighted by atomic mass is 32.1. The molecule has 0 saturated carbocycles. The summed E-state index contributed by atoms with van der Waals surface area (Å²) in [4.78, 5) is 42.4. The van der Waals surface area contributed by atoms with Crippen LogP contribution in [0.2, 0.25) is 0 Å². The molecule has 3 heterocycles. The average Bonchev–Trinajstić information content (AvgIpc) is 3.14. The zero-order chi connectivity index (χ0) is 22.4. The molecule has 3 rings (SSSR count). The smallest absolute Gasteiger partial charge is 0.259 e. The molecular weight excluding hydrogens is 410 g/mol. The predicted molar refractivity (Wildman–Crippen MR) is 125 cm³/mol. The third-order valence-electron chi connectivity index (χ3n) is 5.62. The number of carbonyl (C=O) groups excluding carboxylic acids is 2. The molecule has 0 unspecified atom stereocenters. The summed E-state index contributed by atoms with van der Waals surface area (Å²) in [5.74, 6) is -0.369. The van der Waals surface area contributed by atoms with Gasteiger partial charge in [-0.1, -0.05) is 39.7 Å². The molecule has 0 bridgehead atoms. The zero-order valence-corrected chi connectivity index (χ0v) is 19.5. The van der Waals surface area contributed by atoms with Gasteiger partial charge in [-0.3, -0.25) is 14.4 Å². The minimum absolute atomic E-state index is 0.0383. The van der Waals surface area contributed by atoms with E-state index in [0.717, 1.165) is 37.0 Å². The van der Waals surface area contributed by atoms with Crippen molar-refractivity contribution in [3.8, 4) is 0 Å². The molecule has 0 radical (unpaired) electrons. The van der Waals surface area contributed by atoms with Crippen molar-refractivity contribution in [2.75, 3.05) is 13.1 Å². The number of hydrogen-bond donors (Lipinski definition) is 1. The van der Waals surface area contributed by atoms with Crippen LogP contribution < -0.4 is 10.7 Å². The van der Waals surface area contributed by atoms with Crippen LogP contribution in [0.15, 0.2) is 34.7 Å². The summed E-state index contributed by atoms with van der Waals surface area (Å²) in [6, 6.07) is 3.77. The van der Waals surface area contributed by atoms with Crippen LogP contribution in [0.25, 0.3) is 0 Å². The first kappa shape index (κ1) is 23.3. The van der Waals surface area contributed by atoms with Gasteiger partial charge in [-0.2, -0.15) is 0 Å². The molecule has 168 valence electrons. The van der Waals surface area contributed by atoms with Crippen molar-refractivity contribution in [1.29, 1.82) is 0 Å². The second kappa shape index (κ2) is 10.8. The highest BCUT2D eigenvalue weighted by molar-refractivity contribution is 7.10. The van der Waals surface area contributed by atoms with Crippen molar-refractivity contribution < 1.29 is 9.59 Å². The number of likely N-dealkylation sites (tertiary alicyclic amines) is 1. The molecule has 0 spiro atoms. The fourth-order valence-electron chi connectivity index (χ4n) is 4.02. The summed E-state index contributed by atoms with van der Waals surface area (Å²) in [5.41, 5.74) is -0.344. The SMILES string of the molecule is CC[C@H](NC(=O)c1cn(CC(C)C)cc(C(=O)N2CCCCCC2)c1=O)c1cccs1. The number of pyridine rings is 1. The highest BCUT2D eigenvalue weighted by Crippen LogP contribution is 2.22. The van der Waals surface area contributed by atoms with Crippen LogP contribution >= 0.6 is 11.3 Å². The van der Waals surface area contributed by atoms with Crippen LogP contribution in [-0.2, 0) is 6.54 Å². The summed E-state index contributed by atoms with van der Waals surface area (Å²) in [6.45, 7) is 8.09. The summed E-state index contributed by atoms with van der Waals surface area (Å²) in [6.07, 6.45) is 8.05. The standard InChI is InChI=1S/C24H33N3O3S/c1-4-20(21-10-9-13-31-21)25-23(29)18-15-26(14-17(2)3)16-19(22(18)28)24(30)27-11-7-5-6-8-12-27/h9-10,13,15-17,20H,4-8,11-12,14H2,1-3H3,(H,25,29)/t20-/m0/s1. The Balaban J connectivity index is 1.94. The maximum Gasteiger partial charge on any atom is 0.259 e. The molecule has 1 fully saturated rings. The van der Waals surface area contributed by atoms with Crippen LogP contribution in [0.4, 0.5) is 0 Å². The van der Waals surface area contributed by atoms with Crippen molar-refractivity contribution in [2.24, 2.45) is 5.92 Å². The van der Waals surface area contributed by atoms with Gasteiger partial charge in [0.05, 0.1) is 6.04 Å². The quantitative estimate of drug-likeness (QED) is 0.687. The number of nitrogens with zero attached hydrogens (tertiary/aromatic N) is 2. The first-order valence-corrected chi connectivity index (χ1v) is 12.2. The molecule has 1 saturated heterocycles. The third kappa shape index (κ3) is 5.85. The van der Waals surface area contributed by atoms with Crippen LogP contribution in [0.5, 0.6) is 0 Å². The second-order valence-corrected chi connectivity index (χ2v) is 9.64. The molecule has 2 aromatic heterocycles. The van der Waals surface area contributed by atoms with E-state index < -0.39 is 11.3 Å². The van der Waals surface area contributed by atoms with Crippen LogP contribution in [0.3, 0.4) is 0 Å². The Kier molecular flexibility index (Phi) is 8.07. The molecule has 1 aliphatic heterocycles. The zero-order valence-electron chi connectivity index (χ0n) is 18.7. The topological polar surface area (TPSA) is 71.4 Å². The second-order valence-electron chi connectivity index (χ2n) is 8.66. The number of aromatic nitrogens is 1. The van der Waals surface area contributed by atoms with Gasteiger partial charge in [0.2, 0.25) is 5.43 Å². The van der Waals surface area contributed by atoms with E-state index in [0.29, 0.717) is 25.6 Å². The van der Waals surface area contributed by atoms with E-state index in [1.807, 2.05) is 29.0 Å². The van der Waals surface area contributed by atoms with E-state index in [-0.39, 0.29) is 23.1 Å². The summed E-state index contributed by atoms with van der Waals surface area (Å²) < 4.78 is 1.82. The first-order valence-electron chi connectivity index (χ1n) is 11.3. The third-order valence-corrected chi connectivity index (χ3v) is 6.61. The molecular formula is C24H33N3O3S. The van der Waals surface area contributed by atoms with Gasteiger partial charge in [0.15, 0.2) is 0 Å². The van der Waals surface area contributed by atoms with Gasteiger partial charge in [0.25, 0.3) is 11.8 Å². The fourth-order valence-corrected chi connectivity index (χ4v) is 4.88. The van der Waals surface area contributed by atoms with Crippen LogP contribution in [-0.4, -0.2) is 34.4 Å². The number of carbonyl (C=O) groups is 2. The van der Waals surface area contributed by atoms with E-state index in [2.05, 4.69) is 19.2 Å². The van der Waals surface area contributed by atoms with Crippen LogP contribution in [0, 0.1) is 5.92 Å². The predicted octanol–water partition coefficient (Wildman–Crippen LogP) is 4.46. The van der Waals surface area contributed by atoms with Crippen molar-refractivity contribution in [1.82, 2.24) is 14.8 Å². The lowest BCUT2D eigenvalue weighted by atomic mass is 10.1. The van der Waals surface area contributed by atoms with E-state index >= 15 is 0 Å². The Hall–Kier alpha value is -2.41. The lowest BCUT2D eigenvalue weighted by Gasteiger charge is -2.22. The Morgan fingerprint density at radius 2 is 1.77 bits per heavy atom. The minimum Gasteiger partial charge on any atom is -0.352 e. The molecule has 1 N–H and O–H groups in total. The average molecular weight is 444 g/mol. The summed E-state index contributed by atoms with van der Waals surface area (Å²) in [5, 5.41) is 4.97. The van der Waals surface area contributed by atoms with Gasteiger partial charge in [-0.15, -0.1) is 11.3 Å². The van der Waals surface area contributed by atoms with Crippen LogP contribution in [0.1, 0.15) is 84.5 Å². The molecule has 1 aliphatic rings. The Bertz CT molecular complexity index is 941. The lowest BCUT2D eigenvalue weighted by Crippen LogP contribution is -2.39. The number of hydrogen-bond acceptors (Lipinski definition) is 4. The van der Waals surface area contributed by atoms with E-state index in [1.54, 1.807) is 28.6 Å². The molecule has 1 atom stereocenters. The lowest BCUT2D eigenvalue weighted by molar-refractivity contribution is 0.0759. The molecule has 0 aliphatic carbocycles. The van der Waals surface area contributed by atoms with Crippen molar-refractivity contribution >= 4 is 23.2 Å². The largest absolute Gasteiger partial charge is 0.352 e. The van der Waals surface area contributed by atoms with Crippen molar-refractivity contribution in [3.63, 3.8) is 0 Å². The van der Waals surface area contributed by atoms with Gasteiger partial charge < -0.3 is 14.8 Å². The van der Waals surface area contributed by atoms with Gasteiger partial charge in [0.1, 0.15) is 11.1 Å². The molecule has 2 amide bonds. The summed E-state index contributed by atoms with van der Waals surface area (Å²) in [7, 11) is 0. The monoisotopic (exact) mass is 443 g/mol. The van der Waals surface area contributed by atoms with E-state index in [4.69, 9.17) is 0 Å². The van der Waals surface area contributed by atoms with Crippen molar-refractivity contribution in [2.45, 2.75) is 65.5 Å². The van der Waals surface area contributed by atoms with Crippen molar-refractivity contribution in [3.05, 3.63) is 56.1 Å². The Labute approximate surface area is 188 Å². The fraction of sp³-hybridized carbons (Fsp3) is 0.542. The van der Waals surface area contributed by atoms with E-state index in [9.17, 15) is 14.4 Å². The maximum absolute atomic E-state index is 13.3. The highest BCUT2D eigenvalue weighted by Gasteiger charge is 2.25. The Morgan fingerprint density at radius 1 is 1.10 bits per heavy atom. The van der Waals surface area contributed by atoms with Gasteiger partial charge in [-0.25, -0.2) is 0 Å². The number of nitrogens with one attached hydrogen (secondary N) is 1. The number of amides is 2. The molecule has 31 heavy (non-hydrogen) atoms. The van der Waals surface area contributed by atoms with Gasteiger partial charge >= 0.3 is 0 Å². The Morgan fingerprint density at radius 3 is 2.35 bits per heavy atom. The minimum atomic E-state index is -0.479. The number of thiophene rings is 1. The van der Waals surface area contributed by atoms with E-state index in [1.165, 1.54) is 0 Å². The molecule has 0 aromatic carbocycles. The molecule has 7 heteroatoms. The summed E-state index contributed by atoms with van der Waals surface area (Å²) >= 11 is 1.58. The molecule has 2 aromatic rings. The number of rotatable bonds is 7. The van der Waals surface area contributed by atoms with Gasteiger partial charge in [-0.05, 0) is 36.6 Å². The van der Waals surface area contributed by atoms with Gasteiger partial charge in [0, 0.05) is 36.9 Å².